The maximum Gasteiger partial charge on any atom is 0.191 e. The lowest BCUT2D eigenvalue weighted by molar-refractivity contribution is 0.232. The monoisotopic (exact) mass is 408 g/mol. The number of rotatable bonds is 8. The molecule has 0 amide bonds. The van der Waals surface area contributed by atoms with Crippen molar-refractivity contribution in [3.8, 4) is 11.8 Å². The number of piperidine rings is 1. The molecule has 0 aliphatic carbocycles. The van der Waals surface area contributed by atoms with Gasteiger partial charge in [-0.2, -0.15) is 10.4 Å². The van der Waals surface area contributed by atoms with Gasteiger partial charge in [0, 0.05) is 26.7 Å². The highest BCUT2D eigenvalue weighted by Gasteiger charge is 2.16. The van der Waals surface area contributed by atoms with E-state index in [2.05, 4.69) is 31.7 Å². The highest BCUT2D eigenvalue weighted by Crippen LogP contribution is 2.21. The first-order valence-electron chi connectivity index (χ1n) is 10.7. The molecular weight excluding hydrogens is 376 g/mol. The summed E-state index contributed by atoms with van der Waals surface area (Å²) in [6.07, 6.45) is 5.47. The molecule has 30 heavy (non-hydrogen) atoms. The molecule has 3 rings (SSSR count). The number of guanidine groups is 1. The van der Waals surface area contributed by atoms with E-state index < -0.39 is 0 Å². The van der Waals surface area contributed by atoms with Crippen LogP contribution >= 0.6 is 0 Å². The number of hydrogen-bond acceptors (Lipinski definition) is 5. The summed E-state index contributed by atoms with van der Waals surface area (Å²) in [5.41, 5.74) is 8.21. The Morgan fingerprint density at radius 3 is 2.60 bits per heavy atom. The van der Waals surface area contributed by atoms with Crippen molar-refractivity contribution >= 4 is 11.8 Å². The molecule has 4 N–H and O–H groups in total. The minimum Gasteiger partial charge on any atom is -0.382 e. The van der Waals surface area contributed by atoms with Gasteiger partial charge in [0.2, 0.25) is 0 Å². The molecule has 0 bridgehead atoms. The second-order valence-electron chi connectivity index (χ2n) is 7.50. The molecule has 1 aromatic heterocycles. The number of aliphatic imine (C=N–C) groups is 1. The molecule has 1 aromatic carbocycles. The highest BCUT2D eigenvalue weighted by atomic mass is 15.3. The van der Waals surface area contributed by atoms with E-state index in [4.69, 9.17) is 5.73 Å². The number of nitrogens with zero attached hydrogens (tertiary/aromatic N) is 5. The fourth-order valence-corrected chi connectivity index (χ4v) is 3.74. The van der Waals surface area contributed by atoms with Gasteiger partial charge >= 0.3 is 0 Å². The van der Waals surface area contributed by atoms with Crippen molar-refractivity contribution in [3.63, 3.8) is 0 Å². The number of aromatic nitrogens is 2. The molecule has 0 atom stereocenters. The van der Waals surface area contributed by atoms with Crippen LogP contribution in [0.25, 0.3) is 5.69 Å². The Balaban J connectivity index is 1.46. The zero-order valence-corrected chi connectivity index (χ0v) is 17.8. The van der Waals surface area contributed by atoms with E-state index in [1.165, 1.54) is 32.4 Å². The second-order valence-corrected chi connectivity index (χ2v) is 7.50. The number of nitriles is 1. The van der Waals surface area contributed by atoms with Crippen LogP contribution in [0.1, 0.15) is 36.9 Å². The van der Waals surface area contributed by atoms with E-state index in [9.17, 15) is 5.26 Å². The minimum atomic E-state index is 0.391. The van der Waals surface area contributed by atoms with Crippen molar-refractivity contribution < 1.29 is 0 Å². The van der Waals surface area contributed by atoms with Crippen LogP contribution in [0, 0.1) is 11.3 Å². The molecule has 0 spiro atoms. The van der Waals surface area contributed by atoms with Crippen LogP contribution in [0.2, 0.25) is 0 Å². The fraction of sp³-hybridized carbons (Fsp3) is 0.500. The summed E-state index contributed by atoms with van der Waals surface area (Å²) in [7, 11) is 1.78. The smallest absolute Gasteiger partial charge is 0.191 e. The summed E-state index contributed by atoms with van der Waals surface area (Å²) in [4.78, 5) is 6.79. The lowest BCUT2D eigenvalue weighted by atomic mass is 10.1. The van der Waals surface area contributed by atoms with Crippen LogP contribution in [0.5, 0.6) is 0 Å². The Hall–Kier alpha value is -3.05. The summed E-state index contributed by atoms with van der Waals surface area (Å²) < 4.78 is 1.64. The standard InChI is InChI=1S/C22H32N8/c1-25-22(27-13-16-29-14-6-3-7-15-29)26-12-8-11-20-19(17-23)21(24)30(28-20)18-9-4-2-5-10-18/h2,4-5,9-10H,3,6-8,11-16,24H2,1H3,(H2,25,26,27). The third kappa shape index (κ3) is 5.74. The molecule has 0 unspecified atom stereocenters. The average Bonchev–Trinajstić information content (AvgIpc) is 3.11. The third-order valence-corrected chi connectivity index (χ3v) is 5.38. The van der Waals surface area contributed by atoms with Gasteiger partial charge in [-0.15, -0.1) is 0 Å². The van der Waals surface area contributed by atoms with E-state index >= 15 is 0 Å². The molecule has 2 aromatic rings. The van der Waals surface area contributed by atoms with Gasteiger partial charge in [-0.3, -0.25) is 4.99 Å². The molecule has 8 heteroatoms. The SMILES string of the molecule is CN=C(NCCCc1nn(-c2ccccc2)c(N)c1C#N)NCCN1CCCCC1. The van der Waals surface area contributed by atoms with Gasteiger partial charge in [0.25, 0.3) is 0 Å². The molecule has 0 radical (unpaired) electrons. The van der Waals surface area contributed by atoms with E-state index in [0.717, 1.165) is 43.4 Å². The number of benzene rings is 1. The zero-order chi connectivity index (χ0) is 21.2. The molecule has 1 aliphatic rings. The first-order valence-corrected chi connectivity index (χ1v) is 10.7. The Kier molecular flexibility index (Phi) is 8.10. The molecule has 8 nitrogen and oxygen atoms in total. The number of hydrogen-bond donors (Lipinski definition) is 3. The lowest BCUT2D eigenvalue weighted by Crippen LogP contribution is -2.42. The Morgan fingerprint density at radius 2 is 1.90 bits per heavy atom. The van der Waals surface area contributed by atoms with E-state index in [1.54, 1.807) is 11.7 Å². The molecule has 1 fully saturated rings. The molecular formula is C22H32N8. The number of likely N-dealkylation sites (tertiary alicyclic amines) is 1. The zero-order valence-electron chi connectivity index (χ0n) is 17.8. The average molecular weight is 409 g/mol. The number of para-hydroxylation sites is 1. The molecule has 2 heterocycles. The van der Waals surface area contributed by atoms with Crippen molar-refractivity contribution in [3.05, 3.63) is 41.6 Å². The minimum absolute atomic E-state index is 0.391. The topological polar surface area (TPSA) is 107 Å². The first-order chi connectivity index (χ1) is 14.7. The van der Waals surface area contributed by atoms with Gasteiger partial charge < -0.3 is 21.3 Å². The summed E-state index contributed by atoms with van der Waals surface area (Å²) in [5.74, 6) is 1.20. The van der Waals surface area contributed by atoms with Gasteiger partial charge in [0.1, 0.15) is 17.5 Å². The summed E-state index contributed by atoms with van der Waals surface area (Å²) in [5, 5.41) is 20.8. The van der Waals surface area contributed by atoms with Crippen LogP contribution in [0.15, 0.2) is 35.3 Å². The van der Waals surface area contributed by atoms with Crippen molar-refractivity contribution in [2.24, 2.45) is 4.99 Å². The summed E-state index contributed by atoms with van der Waals surface area (Å²) in [6, 6.07) is 11.8. The maximum absolute atomic E-state index is 9.51. The summed E-state index contributed by atoms with van der Waals surface area (Å²) >= 11 is 0. The number of nitrogens with two attached hydrogens (primary N) is 1. The second kappa shape index (κ2) is 11.2. The van der Waals surface area contributed by atoms with Crippen LogP contribution < -0.4 is 16.4 Å². The van der Waals surface area contributed by atoms with Crippen LogP contribution in [-0.4, -0.2) is 60.4 Å². The Morgan fingerprint density at radius 1 is 1.17 bits per heavy atom. The third-order valence-electron chi connectivity index (χ3n) is 5.38. The molecule has 1 aliphatic heterocycles. The fourth-order valence-electron chi connectivity index (χ4n) is 3.74. The van der Waals surface area contributed by atoms with Gasteiger partial charge in [0.15, 0.2) is 5.96 Å². The highest BCUT2D eigenvalue weighted by molar-refractivity contribution is 5.79. The first kappa shape index (κ1) is 21.7. The van der Waals surface area contributed by atoms with E-state index in [-0.39, 0.29) is 0 Å². The largest absolute Gasteiger partial charge is 0.382 e. The van der Waals surface area contributed by atoms with Crippen molar-refractivity contribution in [1.29, 1.82) is 5.26 Å². The van der Waals surface area contributed by atoms with Gasteiger partial charge in [-0.25, -0.2) is 4.68 Å². The Labute approximate surface area is 178 Å². The van der Waals surface area contributed by atoms with Crippen LogP contribution in [-0.2, 0) is 6.42 Å². The normalized spacial score (nSPS) is 15.0. The van der Waals surface area contributed by atoms with E-state index in [1.807, 2.05) is 30.3 Å². The predicted octanol–water partition coefficient (Wildman–Crippen LogP) is 1.91. The van der Waals surface area contributed by atoms with Crippen molar-refractivity contribution in [1.82, 2.24) is 25.3 Å². The molecule has 0 saturated carbocycles. The van der Waals surface area contributed by atoms with Crippen molar-refractivity contribution in [2.45, 2.75) is 32.1 Å². The predicted molar refractivity (Wildman–Crippen MR) is 121 cm³/mol. The van der Waals surface area contributed by atoms with Gasteiger partial charge in [-0.1, -0.05) is 24.6 Å². The quantitative estimate of drug-likeness (QED) is 0.350. The number of nitrogens with one attached hydrogen (secondary N) is 2. The van der Waals surface area contributed by atoms with E-state index in [0.29, 0.717) is 17.8 Å². The number of aryl methyl sites for hydroxylation is 1. The summed E-state index contributed by atoms with van der Waals surface area (Å²) in [6.45, 7) is 5.08. The molecule has 160 valence electrons. The number of nitrogen functional groups attached to an aromatic ring is 1. The lowest BCUT2D eigenvalue weighted by Gasteiger charge is -2.26. The van der Waals surface area contributed by atoms with Gasteiger partial charge in [-0.05, 0) is 50.9 Å². The van der Waals surface area contributed by atoms with Crippen LogP contribution in [0.3, 0.4) is 0 Å². The van der Waals surface area contributed by atoms with Crippen molar-refractivity contribution in [2.75, 3.05) is 45.5 Å². The van der Waals surface area contributed by atoms with Crippen LogP contribution in [0.4, 0.5) is 5.82 Å². The maximum atomic E-state index is 9.51. The Bertz CT molecular complexity index is 859. The molecule has 1 saturated heterocycles. The van der Waals surface area contributed by atoms with Gasteiger partial charge in [0.05, 0.1) is 11.4 Å². The number of anilines is 1.